The first-order valence-electron chi connectivity index (χ1n) is 11.6. The Bertz CT molecular complexity index is 1190. The van der Waals surface area contributed by atoms with Crippen LogP contribution in [0.15, 0.2) is 47.4 Å². The van der Waals surface area contributed by atoms with Gasteiger partial charge in [0.1, 0.15) is 12.4 Å². The number of carboxylic acids is 2. The molecule has 2 aromatic carbocycles. The van der Waals surface area contributed by atoms with Gasteiger partial charge < -0.3 is 24.8 Å². The van der Waals surface area contributed by atoms with E-state index in [0.29, 0.717) is 11.3 Å². The van der Waals surface area contributed by atoms with Crippen LogP contribution < -0.4 is 4.74 Å². The summed E-state index contributed by atoms with van der Waals surface area (Å²) in [5.74, 6) is -4.47. The number of benzene rings is 2. The molecule has 2 atom stereocenters. The number of aliphatic hydroxyl groups excluding tert-OH is 1. The number of fused-ring (bicyclic) bond motifs is 1. The normalized spacial score (nSPS) is 20.4. The number of ether oxygens (including phenoxy) is 2. The van der Waals surface area contributed by atoms with Crippen molar-refractivity contribution < 1.29 is 42.8 Å². The van der Waals surface area contributed by atoms with Crippen LogP contribution in [-0.4, -0.2) is 67.4 Å². The maximum Gasteiger partial charge on any atom is 0.317 e. The van der Waals surface area contributed by atoms with Crippen molar-refractivity contribution in [1.82, 2.24) is 0 Å². The van der Waals surface area contributed by atoms with Crippen molar-refractivity contribution >= 4 is 21.8 Å². The van der Waals surface area contributed by atoms with E-state index in [-0.39, 0.29) is 36.9 Å². The maximum atomic E-state index is 13.1. The van der Waals surface area contributed by atoms with Crippen molar-refractivity contribution in [3.63, 3.8) is 0 Å². The van der Waals surface area contributed by atoms with Crippen molar-refractivity contribution in [2.75, 3.05) is 25.6 Å². The Hall–Kier alpha value is -2.95. The van der Waals surface area contributed by atoms with E-state index in [2.05, 4.69) is 0 Å². The Morgan fingerprint density at radius 3 is 2.28 bits per heavy atom. The topological polar surface area (TPSA) is 147 Å². The Morgan fingerprint density at radius 2 is 1.67 bits per heavy atom. The summed E-state index contributed by atoms with van der Waals surface area (Å²) in [6, 6.07) is 12.3. The molecule has 0 radical (unpaired) electrons. The fraction of sp³-hybridized carbons (Fsp3) is 0.462. The molecular weight excluding hydrogens is 488 g/mol. The smallest absolute Gasteiger partial charge is 0.317 e. The van der Waals surface area contributed by atoms with Gasteiger partial charge in [-0.3, -0.25) is 9.59 Å². The number of aryl methyl sites for hydroxylation is 1. The van der Waals surface area contributed by atoms with Gasteiger partial charge in [-0.2, -0.15) is 0 Å². The molecule has 0 fully saturated rings. The number of aliphatic hydroxyl groups is 1. The highest BCUT2D eigenvalue weighted by Crippen LogP contribution is 2.44. The van der Waals surface area contributed by atoms with Gasteiger partial charge in [0.25, 0.3) is 0 Å². The second kappa shape index (κ2) is 11.0. The third-order valence-corrected chi connectivity index (χ3v) is 8.56. The van der Waals surface area contributed by atoms with Gasteiger partial charge >= 0.3 is 11.9 Å². The first-order valence-corrected chi connectivity index (χ1v) is 13.3. The average Bonchev–Trinajstić information content (AvgIpc) is 2.83. The molecule has 0 spiro atoms. The van der Waals surface area contributed by atoms with Gasteiger partial charge in [-0.05, 0) is 42.7 Å². The summed E-state index contributed by atoms with van der Waals surface area (Å²) in [4.78, 5) is 22.0. The molecule has 3 rings (SSSR count). The largest absolute Gasteiger partial charge is 0.491 e. The number of sulfone groups is 1. The third-order valence-electron chi connectivity index (χ3n) is 6.40. The molecule has 0 unspecified atom stereocenters. The van der Waals surface area contributed by atoms with E-state index in [1.165, 1.54) is 0 Å². The Labute approximate surface area is 210 Å². The third kappa shape index (κ3) is 6.24. The van der Waals surface area contributed by atoms with Crippen LogP contribution in [0.25, 0.3) is 0 Å². The van der Waals surface area contributed by atoms with Crippen molar-refractivity contribution in [1.29, 1.82) is 0 Å². The summed E-state index contributed by atoms with van der Waals surface area (Å²) in [6.45, 7) is 5.69. The minimum absolute atomic E-state index is 0.0251. The highest BCUT2D eigenvalue weighted by atomic mass is 32.2. The first-order chi connectivity index (χ1) is 16.8. The quantitative estimate of drug-likeness (QED) is 0.318. The van der Waals surface area contributed by atoms with E-state index in [1.54, 1.807) is 50.2 Å². The molecule has 0 saturated heterocycles. The van der Waals surface area contributed by atoms with Crippen LogP contribution in [0.4, 0.5) is 0 Å². The number of aliphatic carboxylic acids is 2. The van der Waals surface area contributed by atoms with E-state index in [9.17, 15) is 23.1 Å². The highest BCUT2D eigenvalue weighted by molar-refractivity contribution is 7.91. The van der Waals surface area contributed by atoms with E-state index >= 15 is 0 Å². The number of hydrogen-bond donors (Lipinski definition) is 3. The highest BCUT2D eigenvalue weighted by Gasteiger charge is 2.44. The van der Waals surface area contributed by atoms with Crippen molar-refractivity contribution in [2.24, 2.45) is 11.3 Å². The Balaban J connectivity index is 1.69. The van der Waals surface area contributed by atoms with Gasteiger partial charge in [0.05, 0.1) is 23.4 Å². The Kier molecular flexibility index (Phi) is 8.43. The molecule has 0 bridgehead atoms. The van der Waals surface area contributed by atoms with Gasteiger partial charge in [0.2, 0.25) is 0 Å². The number of rotatable bonds is 10. The fourth-order valence-corrected chi connectivity index (χ4v) is 6.60. The van der Waals surface area contributed by atoms with Gasteiger partial charge in [-0.25, -0.2) is 8.42 Å². The molecule has 10 heteroatoms. The summed E-state index contributed by atoms with van der Waals surface area (Å²) in [5, 5.41) is 29.0. The van der Waals surface area contributed by atoms with Crippen LogP contribution >= 0.6 is 0 Å². The molecule has 196 valence electrons. The van der Waals surface area contributed by atoms with Crippen molar-refractivity contribution in [2.45, 2.75) is 44.1 Å². The van der Waals surface area contributed by atoms with Gasteiger partial charge in [-0.15, -0.1) is 0 Å². The van der Waals surface area contributed by atoms with Crippen LogP contribution in [0.5, 0.6) is 5.75 Å². The molecule has 0 aliphatic carbocycles. The maximum absolute atomic E-state index is 13.1. The lowest BCUT2D eigenvalue weighted by molar-refractivity contribution is -0.155. The Morgan fingerprint density at radius 1 is 1.03 bits per heavy atom. The molecule has 3 N–H and O–H groups in total. The standard InChI is InChI=1S/C26H32O9S/c1-16-4-9-21-20(14-16)22(23(27)26(2,3)15-36(21,32)33)17-5-7-18(8-6-17)35-13-12-34-11-10-19(24(28)29)25(30)31/h4-9,14,19,22-23,27H,10-13,15H2,1-3H3,(H,28,29)(H,30,31)/t22-,23-/m1/s1. The molecule has 1 heterocycles. The SMILES string of the molecule is Cc1ccc2c(c1)[C@@H](c1ccc(OCCOCCC(C(=O)O)C(=O)O)cc1)[C@@H](O)C(C)(C)CS2(=O)=O. The molecule has 36 heavy (non-hydrogen) atoms. The summed E-state index contributed by atoms with van der Waals surface area (Å²) in [5.41, 5.74) is 1.37. The van der Waals surface area contributed by atoms with Crippen LogP contribution in [0, 0.1) is 18.3 Å². The first kappa shape index (κ1) is 27.6. The van der Waals surface area contributed by atoms with E-state index in [0.717, 1.165) is 11.1 Å². The zero-order valence-corrected chi connectivity index (χ0v) is 21.3. The lowest BCUT2D eigenvalue weighted by Crippen LogP contribution is -2.38. The predicted molar refractivity (Wildman–Crippen MR) is 131 cm³/mol. The van der Waals surface area contributed by atoms with Gasteiger partial charge in [0.15, 0.2) is 15.8 Å². The lowest BCUT2D eigenvalue weighted by atomic mass is 9.75. The van der Waals surface area contributed by atoms with Crippen molar-refractivity contribution in [3.05, 3.63) is 59.2 Å². The number of carbonyl (C=O) groups is 2. The van der Waals surface area contributed by atoms with Crippen LogP contribution in [0.3, 0.4) is 0 Å². The number of hydrogen-bond acceptors (Lipinski definition) is 7. The molecular formula is C26H32O9S. The minimum atomic E-state index is -3.58. The summed E-state index contributed by atoms with van der Waals surface area (Å²) < 4.78 is 37.1. The van der Waals surface area contributed by atoms with Gasteiger partial charge in [0, 0.05) is 17.9 Å². The second-order valence-electron chi connectivity index (χ2n) is 9.76. The second-order valence-corrected chi connectivity index (χ2v) is 11.7. The molecule has 0 saturated carbocycles. The van der Waals surface area contributed by atoms with Crippen LogP contribution in [-0.2, 0) is 24.2 Å². The molecule has 0 amide bonds. The molecule has 2 aromatic rings. The van der Waals surface area contributed by atoms with Crippen LogP contribution in [0.1, 0.15) is 42.9 Å². The van der Waals surface area contributed by atoms with E-state index in [4.69, 9.17) is 19.7 Å². The van der Waals surface area contributed by atoms with E-state index < -0.39 is 45.1 Å². The molecule has 9 nitrogen and oxygen atoms in total. The number of carboxylic acid groups (broad SMARTS) is 2. The van der Waals surface area contributed by atoms with E-state index in [1.807, 2.05) is 13.0 Å². The predicted octanol–water partition coefficient (Wildman–Crippen LogP) is 2.87. The average molecular weight is 521 g/mol. The summed E-state index contributed by atoms with van der Waals surface area (Å²) in [7, 11) is -3.58. The fourth-order valence-electron chi connectivity index (χ4n) is 4.48. The molecule has 1 aliphatic rings. The monoisotopic (exact) mass is 520 g/mol. The zero-order chi connectivity index (χ0) is 26.7. The zero-order valence-electron chi connectivity index (χ0n) is 20.5. The van der Waals surface area contributed by atoms with Crippen molar-refractivity contribution in [3.8, 4) is 5.75 Å². The molecule has 0 aromatic heterocycles. The summed E-state index contributed by atoms with van der Waals surface area (Å²) >= 11 is 0. The minimum Gasteiger partial charge on any atom is -0.491 e. The van der Waals surface area contributed by atoms with Crippen LogP contribution in [0.2, 0.25) is 0 Å². The molecule has 1 aliphatic heterocycles. The summed E-state index contributed by atoms with van der Waals surface area (Å²) in [6.07, 6.45) is -1.08. The van der Waals surface area contributed by atoms with Gasteiger partial charge in [-0.1, -0.05) is 43.7 Å². The lowest BCUT2D eigenvalue weighted by Gasteiger charge is -2.33.